The lowest BCUT2D eigenvalue weighted by molar-refractivity contribution is 0.0233. The van der Waals surface area contributed by atoms with Crippen LogP contribution in [0.5, 0.6) is 0 Å². The number of ether oxygens (including phenoxy) is 1. The van der Waals surface area contributed by atoms with Crippen LogP contribution in [0.15, 0.2) is 29.0 Å². The van der Waals surface area contributed by atoms with Crippen molar-refractivity contribution in [3.63, 3.8) is 0 Å². The number of oxazole rings is 1. The van der Waals surface area contributed by atoms with E-state index in [1.165, 1.54) is 6.39 Å². The summed E-state index contributed by atoms with van der Waals surface area (Å²) in [5.74, 6) is 1.26. The van der Waals surface area contributed by atoms with Gasteiger partial charge in [-0.1, -0.05) is 6.07 Å². The van der Waals surface area contributed by atoms with E-state index in [0.29, 0.717) is 18.1 Å². The number of nitrogens with zero attached hydrogens (tertiary/aromatic N) is 3. The van der Waals surface area contributed by atoms with Crippen LogP contribution < -0.4 is 0 Å². The second-order valence-electron chi connectivity index (χ2n) is 6.83. The zero-order chi connectivity index (χ0) is 17.4. The van der Waals surface area contributed by atoms with Crippen LogP contribution in [0.2, 0.25) is 0 Å². The molecule has 0 radical (unpaired) electrons. The molecule has 0 aliphatic carbocycles. The predicted octanol–water partition coefficient (Wildman–Crippen LogP) is 2.60. The fourth-order valence-electron chi connectivity index (χ4n) is 3.46. The van der Waals surface area contributed by atoms with Gasteiger partial charge in [0.05, 0.1) is 28.8 Å². The molecule has 132 valence electrons. The Bertz CT molecular complexity index is 785. The van der Waals surface area contributed by atoms with Crippen LogP contribution in [0.25, 0.3) is 0 Å². The van der Waals surface area contributed by atoms with Crippen LogP contribution in [0, 0.1) is 13.8 Å². The molecule has 1 spiro atoms. The van der Waals surface area contributed by atoms with Crippen LogP contribution in [0.4, 0.5) is 0 Å². The summed E-state index contributed by atoms with van der Waals surface area (Å²) in [5.41, 5.74) is 2.63. The molecule has 0 saturated carbocycles. The number of rotatable bonds is 4. The van der Waals surface area contributed by atoms with Crippen molar-refractivity contribution in [2.24, 2.45) is 0 Å². The first-order valence-electron chi connectivity index (χ1n) is 8.42. The van der Waals surface area contributed by atoms with E-state index >= 15 is 0 Å². The standard InChI is InChI=1S/C18H21N3O3S/c1-12-4-3-5-14(20-12)7-23-15-6-18(25-8-15)9-21(10-18)17(22)16-13(2)19-11-24-16/h3-5,11,15H,6-10H2,1-2H3. The molecule has 0 bridgehead atoms. The number of carbonyl (C=O) groups is 1. The summed E-state index contributed by atoms with van der Waals surface area (Å²) in [7, 11) is 0. The maximum atomic E-state index is 12.4. The topological polar surface area (TPSA) is 68.5 Å². The first kappa shape index (κ1) is 16.6. The second-order valence-corrected chi connectivity index (χ2v) is 8.32. The average Bonchev–Trinajstić information content (AvgIpc) is 3.17. The summed E-state index contributed by atoms with van der Waals surface area (Å²) in [6.45, 7) is 5.82. The lowest BCUT2D eigenvalue weighted by Crippen LogP contribution is -2.60. The lowest BCUT2D eigenvalue weighted by atomic mass is 9.92. The van der Waals surface area contributed by atoms with Gasteiger partial charge in [0.25, 0.3) is 5.91 Å². The number of hydrogen-bond acceptors (Lipinski definition) is 6. The van der Waals surface area contributed by atoms with Crippen LogP contribution in [-0.4, -0.2) is 50.5 Å². The van der Waals surface area contributed by atoms with Gasteiger partial charge in [-0.15, -0.1) is 11.8 Å². The van der Waals surface area contributed by atoms with E-state index in [0.717, 1.165) is 36.7 Å². The number of carbonyl (C=O) groups excluding carboxylic acids is 1. The first-order valence-corrected chi connectivity index (χ1v) is 9.41. The third-order valence-corrected chi connectivity index (χ3v) is 6.35. The van der Waals surface area contributed by atoms with Gasteiger partial charge in [0, 0.05) is 24.5 Å². The molecule has 4 heterocycles. The van der Waals surface area contributed by atoms with Crippen LogP contribution >= 0.6 is 11.8 Å². The first-order chi connectivity index (χ1) is 12.0. The van der Waals surface area contributed by atoms with Gasteiger partial charge in [-0.3, -0.25) is 9.78 Å². The smallest absolute Gasteiger partial charge is 0.291 e. The minimum absolute atomic E-state index is 0.0606. The summed E-state index contributed by atoms with van der Waals surface area (Å²) in [4.78, 5) is 22.7. The fraction of sp³-hybridized carbons (Fsp3) is 0.500. The molecule has 2 aromatic rings. The molecule has 1 atom stereocenters. The van der Waals surface area contributed by atoms with Crippen molar-refractivity contribution in [3.8, 4) is 0 Å². The molecule has 0 N–H and O–H groups in total. The molecule has 2 aromatic heterocycles. The molecule has 6 nitrogen and oxygen atoms in total. The number of pyridine rings is 1. The minimum atomic E-state index is -0.0606. The summed E-state index contributed by atoms with van der Waals surface area (Å²) >= 11 is 1.91. The van der Waals surface area contributed by atoms with E-state index in [9.17, 15) is 4.79 Å². The van der Waals surface area contributed by atoms with Crippen LogP contribution in [0.3, 0.4) is 0 Å². The van der Waals surface area contributed by atoms with E-state index < -0.39 is 0 Å². The molecule has 4 rings (SSSR count). The van der Waals surface area contributed by atoms with Crippen molar-refractivity contribution >= 4 is 17.7 Å². The molecule has 2 aliphatic rings. The number of amides is 1. The Morgan fingerprint density at radius 2 is 2.28 bits per heavy atom. The second kappa shape index (κ2) is 6.46. The van der Waals surface area contributed by atoms with Gasteiger partial charge in [0.2, 0.25) is 5.76 Å². The van der Waals surface area contributed by atoms with Crippen molar-refractivity contribution in [3.05, 3.63) is 47.4 Å². The average molecular weight is 359 g/mol. The van der Waals surface area contributed by atoms with E-state index in [1.807, 2.05) is 41.8 Å². The molecule has 25 heavy (non-hydrogen) atoms. The van der Waals surface area contributed by atoms with Crippen LogP contribution in [-0.2, 0) is 11.3 Å². The fourth-order valence-corrected chi connectivity index (χ4v) is 5.01. The minimum Gasteiger partial charge on any atom is -0.438 e. The SMILES string of the molecule is Cc1cccc(COC2CSC3(C2)CN(C(=O)c2ocnc2C)C3)n1. The van der Waals surface area contributed by atoms with Crippen molar-refractivity contribution in [2.75, 3.05) is 18.8 Å². The molecular weight excluding hydrogens is 338 g/mol. The Labute approximate surface area is 151 Å². The van der Waals surface area contributed by atoms with Gasteiger partial charge in [-0.05, 0) is 32.4 Å². The van der Waals surface area contributed by atoms with Gasteiger partial charge in [0.15, 0.2) is 6.39 Å². The quantitative estimate of drug-likeness (QED) is 0.836. The lowest BCUT2D eigenvalue weighted by Gasteiger charge is -2.47. The molecule has 1 amide bonds. The predicted molar refractivity (Wildman–Crippen MR) is 94.5 cm³/mol. The number of hydrogen-bond donors (Lipinski definition) is 0. The zero-order valence-electron chi connectivity index (χ0n) is 14.4. The van der Waals surface area contributed by atoms with E-state index in [-0.39, 0.29) is 16.8 Å². The van der Waals surface area contributed by atoms with Gasteiger partial charge in [-0.2, -0.15) is 0 Å². The van der Waals surface area contributed by atoms with Gasteiger partial charge < -0.3 is 14.1 Å². The highest BCUT2D eigenvalue weighted by molar-refractivity contribution is 8.01. The van der Waals surface area contributed by atoms with Crippen molar-refractivity contribution in [1.29, 1.82) is 0 Å². The Balaban J connectivity index is 1.29. The number of aromatic nitrogens is 2. The Hall–Kier alpha value is -1.86. The maximum Gasteiger partial charge on any atom is 0.291 e. The number of aryl methyl sites for hydroxylation is 2. The third-order valence-electron chi connectivity index (χ3n) is 4.77. The number of thioether (sulfide) groups is 1. The molecular formula is C18H21N3O3S. The Kier molecular flexibility index (Phi) is 4.29. The summed E-state index contributed by atoms with van der Waals surface area (Å²) in [5, 5.41) is 0. The van der Waals surface area contributed by atoms with Crippen molar-refractivity contribution < 1.29 is 13.9 Å². The van der Waals surface area contributed by atoms with Gasteiger partial charge >= 0.3 is 0 Å². The molecule has 2 fully saturated rings. The van der Waals surface area contributed by atoms with Crippen molar-refractivity contribution in [1.82, 2.24) is 14.9 Å². The largest absolute Gasteiger partial charge is 0.438 e. The van der Waals surface area contributed by atoms with E-state index in [2.05, 4.69) is 9.97 Å². The van der Waals surface area contributed by atoms with Gasteiger partial charge in [0.1, 0.15) is 0 Å². The van der Waals surface area contributed by atoms with Crippen LogP contribution in [0.1, 0.15) is 34.1 Å². The molecule has 2 saturated heterocycles. The summed E-state index contributed by atoms with van der Waals surface area (Å²) < 4.78 is 11.4. The molecule has 7 heteroatoms. The zero-order valence-corrected chi connectivity index (χ0v) is 15.2. The van der Waals surface area contributed by atoms with Gasteiger partial charge in [-0.25, -0.2) is 4.98 Å². The maximum absolute atomic E-state index is 12.4. The molecule has 1 unspecified atom stereocenters. The number of likely N-dealkylation sites (tertiary alicyclic amines) is 1. The summed E-state index contributed by atoms with van der Waals surface area (Å²) in [6.07, 6.45) is 2.52. The third kappa shape index (κ3) is 3.30. The Morgan fingerprint density at radius 1 is 1.44 bits per heavy atom. The van der Waals surface area contributed by atoms with E-state index in [4.69, 9.17) is 9.15 Å². The molecule has 2 aliphatic heterocycles. The molecule has 0 aromatic carbocycles. The highest BCUT2D eigenvalue weighted by Crippen LogP contribution is 2.46. The highest BCUT2D eigenvalue weighted by atomic mass is 32.2. The highest BCUT2D eigenvalue weighted by Gasteiger charge is 2.51. The monoisotopic (exact) mass is 359 g/mol. The van der Waals surface area contributed by atoms with E-state index in [1.54, 1.807) is 6.92 Å². The Morgan fingerprint density at radius 3 is 3.00 bits per heavy atom. The normalized spacial score (nSPS) is 21.5. The van der Waals surface area contributed by atoms with Crippen molar-refractivity contribution in [2.45, 2.75) is 37.7 Å². The summed E-state index contributed by atoms with van der Waals surface area (Å²) in [6, 6.07) is 5.99.